The van der Waals surface area contributed by atoms with E-state index >= 15 is 0 Å². The molecular weight excluding hydrogens is 402 g/mol. The molecule has 150 valence electrons. The van der Waals surface area contributed by atoms with Crippen molar-refractivity contribution in [2.24, 2.45) is 0 Å². The number of rotatable bonds is 7. The molecule has 2 N–H and O–H groups in total. The summed E-state index contributed by atoms with van der Waals surface area (Å²) in [5, 5.41) is 7.75. The molecule has 0 saturated heterocycles. The highest BCUT2D eigenvalue weighted by molar-refractivity contribution is 7.17. The van der Waals surface area contributed by atoms with Crippen molar-refractivity contribution in [1.82, 2.24) is 15.0 Å². The fourth-order valence-electron chi connectivity index (χ4n) is 2.61. The average molecular weight is 419 g/mol. The summed E-state index contributed by atoms with van der Waals surface area (Å²) in [6, 6.07) is 12.5. The van der Waals surface area contributed by atoms with Gasteiger partial charge in [-0.25, -0.2) is 9.97 Å². The molecule has 3 aromatic heterocycles. The van der Waals surface area contributed by atoms with Gasteiger partial charge in [-0.3, -0.25) is 4.79 Å². The number of benzene rings is 1. The molecule has 3 heterocycles. The van der Waals surface area contributed by atoms with E-state index in [0.717, 1.165) is 10.2 Å². The summed E-state index contributed by atoms with van der Waals surface area (Å²) < 4.78 is 11.9. The number of fused-ring (bicyclic) bond motifs is 1. The SMILES string of the molecule is C=CC(=O)Nc1cccc(Oc2nc(Nc3ccc(OC)nc3)nc3ccsc23)c1. The molecule has 4 aromatic rings. The van der Waals surface area contributed by atoms with Crippen LogP contribution < -0.4 is 20.1 Å². The molecule has 0 saturated carbocycles. The maximum absolute atomic E-state index is 11.5. The smallest absolute Gasteiger partial charge is 0.247 e. The van der Waals surface area contributed by atoms with Crippen molar-refractivity contribution in [2.75, 3.05) is 17.7 Å². The second-order valence-electron chi connectivity index (χ2n) is 6.02. The molecule has 1 amide bonds. The van der Waals surface area contributed by atoms with Gasteiger partial charge in [0, 0.05) is 17.8 Å². The van der Waals surface area contributed by atoms with Crippen molar-refractivity contribution in [1.29, 1.82) is 0 Å². The largest absolute Gasteiger partial charge is 0.481 e. The van der Waals surface area contributed by atoms with Gasteiger partial charge in [0.15, 0.2) is 0 Å². The third-order valence-corrected chi connectivity index (χ3v) is 4.87. The second-order valence-corrected chi connectivity index (χ2v) is 6.94. The number of thiophene rings is 1. The number of amides is 1. The minimum atomic E-state index is -0.297. The Bertz CT molecular complexity index is 1210. The first kappa shape index (κ1) is 19.3. The van der Waals surface area contributed by atoms with Crippen LogP contribution in [0.5, 0.6) is 17.5 Å². The molecule has 0 spiro atoms. The number of anilines is 3. The van der Waals surface area contributed by atoms with Crippen LogP contribution in [0.1, 0.15) is 0 Å². The first-order valence-electron chi connectivity index (χ1n) is 8.88. The summed E-state index contributed by atoms with van der Waals surface area (Å²) in [4.78, 5) is 24.7. The van der Waals surface area contributed by atoms with Crippen LogP contribution in [0.25, 0.3) is 10.2 Å². The second kappa shape index (κ2) is 8.58. The molecule has 0 unspecified atom stereocenters. The van der Waals surface area contributed by atoms with Gasteiger partial charge in [0.2, 0.25) is 23.6 Å². The van der Waals surface area contributed by atoms with Gasteiger partial charge in [0.25, 0.3) is 0 Å². The van der Waals surface area contributed by atoms with Crippen LogP contribution in [-0.4, -0.2) is 28.0 Å². The van der Waals surface area contributed by atoms with E-state index in [4.69, 9.17) is 9.47 Å². The number of hydrogen-bond donors (Lipinski definition) is 2. The lowest BCUT2D eigenvalue weighted by Crippen LogP contribution is -2.07. The third-order valence-electron chi connectivity index (χ3n) is 3.98. The molecule has 0 aliphatic heterocycles. The van der Waals surface area contributed by atoms with Gasteiger partial charge in [-0.15, -0.1) is 11.3 Å². The van der Waals surface area contributed by atoms with E-state index < -0.39 is 0 Å². The van der Waals surface area contributed by atoms with Crippen molar-refractivity contribution >= 4 is 44.8 Å². The van der Waals surface area contributed by atoms with Crippen LogP contribution in [0.3, 0.4) is 0 Å². The van der Waals surface area contributed by atoms with E-state index in [2.05, 4.69) is 32.2 Å². The van der Waals surface area contributed by atoms with Gasteiger partial charge in [-0.2, -0.15) is 4.98 Å². The molecule has 30 heavy (non-hydrogen) atoms. The number of nitrogens with one attached hydrogen (secondary N) is 2. The van der Waals surface area contributed by atoms with Gasteiger partial charge >= 0.3 is 0 Å². The lowest BCUT2D eigenvalue weighted by molar-refractivity contribution is -0.111. The normalized spacial score (nSPS) is 10.4. The lowest BCUT2D eigenvalue weighted by atomic mass is 10.3. The summed E-state index contributed by atoms with van der Waals surface area (Å²) in [6.07, 6.45) is 2.84. The standard InChI is InChI=1S/C21H17N5O3S/c1-3-17(27)23-13-5-4-6-15(11-13)29-20-19-16(9-10-30-19)25-21(26-20)24-14-7-8-18(28-2)22-12-14/h3-12H,1H2,2H3,(H,23,27)(H,24,25,26). The van der Waals surface area contributed by atoms with Crippen LogP contribution in [0, 0.1) is 0 Å². The maximum Gasteiger partial charge on any atom is 0.247 e. The first-order valence-corrected chi connectivity index (χ1v) is 9.76. The van der Waals surface area contributed by atoms with Crippen LogP contribution in [-0.2, 0) is 4.79 Å². The molecule has 0 atom stereocenters. The highest BCUT2D eigenvalue weighted by atomic mass is 32.1. The lowest BCUT2D eigenvalue weighted by Gasteiger charge is -2.10. The summed E-state index contributed by atoms with van der Waals surface area (Å²) in [6.45, 7) is 3.45. The highest BCUT2D eigenvalue weighted by Crippen LogP contribution is 2.33. The fraction of sp³-hybridized carbons (Fsp3) is 0.0476. The van der Waals surface area contributed by atoms with E-state index in [-0.39, 0.29) is 5.91 Å². The molecule has 9 heteroatoms. The summed E-state index contributed by atoms with van der Waals surface area (Å²) in [5.41, 5.74) is 2.06. The Hall–Kier alpha value is -3.98. The molecule has 0 radical (unpaired) electrons. The molecule has 1 aromatic carbocycles. The zero-order valence-corrected chi connectivity index (χ0v) is 16.8. The van der Waals surface area contributed by atoms with Crippen molar-refractivity contribution in [3.63, 3.8) is 0 Å². The zero-order chi connectivity index (χ0) is 20.9. The Kier molecular flexibility index (Phi) is 5.53. The monoisotopic (exact) mass is 419 g/mol. The number of carbonyl (C=O) groups is 1. The van der Waals surface area contributed by atoms with Crippen LogP contribution in [0.4, 0.5) is 17.3 Å². The summed E-state index contributed by atoms with van der Waals surface area (Å²) in [5.74, 6) is 1.53. The minimum Gasteiger partial charge on any atom is -0.481 e. The number of ether oxygens (including phenoxy) is 2. The summed E-state index contributed by atoms with van der Waals surface area (Å²) in [7, 11) is 1.56. The zero-order valence-electron chi connectivity index (χ0n) is 16.0. The number of aromatic nitrogens is 3. The van der Waals surface area contributed by atoms with Gasteiger partial charge in [-0.05, 0) is 35.7 Å². The van der Waals surface area contributed by atoms with Gasteiger partial charge in [-0.1, -0.05) is 12.6 Å². The maximum atomic E-state index is 11.5. The fourth-order valence-corrected chi connectivity index (χ4v) is 3.36. The number of methoxy groups -OCH3 is 1. The third kappa shape index (κ3) is 4.36. The van der Waals surface area contributed by atoms with E-state index in [9.17, 15) is 4.79 Å². The minimum absolute atomic E-state index is 0.297. The number of hydrogen-bond acceptors (Lipinski definition) is 8. The van der Waals surface area contributed by atoms with Gasteiger partial charge in [0.05, 0.1) is 24.5 Å². The molecule has 8 nitrogen and oxygen atoms in total. The Balaban J connectivity index is 1.62. The van der Waals surface area contributed by atoms with Crippen molar-refractivity contribution < 1.29 is 14.3 Å². The van der Waals surface area contributed by atoms with Gasteiger partial charge in [0.1, 0.15) is 10.4 Å². The van der Waals surface area contributed by atoms with E-state index in [0.29, 0.717) is 34.8 Å². The van der Waals surface area contributed by atoms with Crippen LogP contribution >= 0.6 is 11.3 Å². The van der Waals surface area contributed by atoms with Crippen molar-refractivity contribution in [2.45, 2.75) is 0 Å². The van der Waals surface area contributed by atoms with E-state index in [1.807, 2.05) is 17.5 Å². The molecule has 0 bridgehead atoms. The molecule has 0 fully saturated rings. The molecule has 0 aliphatic carbocycles. The Morgan fingerprint density at radius 1 is 1.17 bits per heavy atom. The van der Waals surface area contributed by atoms with Crippen molar-refractivity contribution in [3.8, 4) is 17.5 Å². The molecular formula is C21H17N5O3S. The van der Waals surface area contributed by atoms with E-state index in [1.165, 1.54) is 17.4 Å². The Labute approximate surface area is 176 Å². The number of carbonyl (C=O) groups excluding carboxylic acids is 1. The average Bonchev–Trinajstić information content (AvgIpc) is 3.23. The predicted octanol–water partition coefficient (Wildman–Crippen LogP) is 4.76. The van der Waals surface area contributed by atoms with Crippen molar-refractivity contribution in [3.05, 3.63) is 66.7 Å². The quantitative estimate of drug-likeness (QED) is 0.417. The highest BCUT2D eigenvalue weighted by Gasteiger charge is 2.12. The summed E-state index contributed by atoms with van der Waals surface area (Å²) >= 11 is 1.48. The van der Waals surface area contributed by atoms with Crippen LogP contribution in [0.2, 0.25) is 0 Å². The Morgan fingerprint density at radius 2 is 2.07 bits per heavy atom. The topological polar surface area (TPSA) is 98.3 Å². The van der Waals surface area contributed by atoms with Crippen LogP contribution in [0.15, 0.2) is 66.7 Å². The number of pyridine rings is 1. The molecule has 4 rings (SSSR count). The van der Waals surface area contributed by atoms with E-state index in [1.54, 1.807) is 43.6 Å². The number of nitrogens with zero attached hydrogens (tertiary/aromatic N) is 3. The molecule has 0 aliphatic rings. The first-order chi connectivity index (χ1) is 14.6. The predicted molar refractivity (Wildman–Crippen MR) is 117 cm³/mol. The Morgan fingerprint density at radius 3 is 2.83 bits per heavy atom. The van der Waals surface area contributed by atoms with Gasteiger partial charge < -0.3 is 20.1 Å².